The van der Waals surface area contributed by atoms with Gasteiger partial charge >= 0.3 is 5.97 Å². The lowest BCUT2D eigenvalue weighted by Gasteiger charge is -2.08. The summed E-state index contributed by atoms with van der Waals surface area (Å²) in [6.45, 7) is 3.47. The number of rotatable bonds is 3. The van der Waals surface area contributed by atoms with Crippen molar-refractivity contribution < 1.29 is 18.3 Å². The van der Waals surface area contributed by atoms with E-state index in [4.69, 9.17) is 4.74 Å². The van der Waals surface area contributed by atoms with E-state index < -0.39 is 11.8 Å². The van der Waals surface area contributed by atoms with Gasteiger partial charge in [0.2, 0.25) is 0 Å². The minimum absolute atomic E-state index is 0.202. The maximum absolute atomic E-state index is 14.5. The molecule has 0 saturated carbocycles. The number of ether oxygens (including phenoxy) is 1. The second-order valence-corrected chi connectivity index (χ2v) is 5.71. The number of carbonyl (C=O) groups excluding carboxylic acids is 1. The predicted molar refractivity (Wildman–Crippen MR) is 88.9 cm³/mol. The smallest absolute Gasteiger partial charge is 0.310 e. The van der Waals surface area contributed by atoms with Gasteiger partial charge in [0.25, 0.3) is 0 Å². The quantitative estimate of drug-likeness (QED) is 0.650. The molecule has 0 aliphatic carbocycles. The number of hydrogen-bond donors (Lipinski definition) is 0. The molecule has 3 rings (SSSR count). The fourth-order valence-corrected chi connectivity index (χ4v) is 2.86. The zero-order chi connectivity index (χ0) is 17.4. The summed E-state index contributed by atoms with van der Waals surface area (Å²) in [7, 11) is 1.70. The highest BCUT2D eigenvalue weighted by atomic mass is 19.1. The molecule has 0 N–H and O–H groups in total. The summed E-state index contributed by atoms with van der Waals surface area (Å²) in [5.41, 5.74) is 2.26. The largest absolute Gasteiger partial charge is 0.424 e. The molecule has 2 aromatic carbocycles. The molecule has 0 spiro atoms. The van der Waals surface area contributed by atoms with Crippen LogP contribution in [0.4, 0.5) is 8.78 Å². The monoisotopic (exact) mass is 329 g/mol. The zero-order valence-electron chi connectivity index (χ0n) is 13.7. The number of carbonyl (C=O) groups is 1. The molecule has 0 bridgehead atoms. The lowest BCUT2D eigenvalue weighted by atomic mass is 10.1. The first-order valence-corrected chi connectivity index (χ1v) is 7.67. The Balaban J connectivity index is 2.35. The zero-order valence-corrected chi connectivity index (χ0v) is 13.7. The Morgan fingerprint density at radius 3 is 2.46 bits per heavy atom. The van der Waals surface area contributed by atoms with Gasteiger partial charge in [-0.05, 0) is 48.9 Å². The Morgan fingerprint density at radius 2 is 1.83 bits per heavy atom. The molecule has 3 aromatic rings. The number of aromatic nitrogens is 1. The minimum Gasteiger partial charge on any atom is -0.424 e. The van der Waals surface area contributed by atoms with Gasteiger partial charge in [-0.25, -0.2) is 8.78 Å². The summed E-state index contributed by atoms with van der Waals surface area (Å²) in [4.78, 5) is 11.9. The molecule has 0 unspecified atom stereocenters. The van der Waals surface area contributed by atoms with Crippen LogP contribution < -0.4 is 4.74 Å². The maximum atomic E-state index is 14.5. The topological polar surface area (TPSA) is 31.2 Å². The van der Waals surface area contributed by atoms with Crippen LogP contribution in [0.25, 0.3) is 22.2 Å². The van der Waals surface area contributed by atoms with Gasteiger partial charge < -0.3 is 9.30 Å². The van der Waals surface area contributed by atoms with Gasteiger partial charge in [0, 0.05) is 24.4 Å². The van der Waals surface area contributed by atoms with Crippen LogP contribution >= 0.6 is 0 Å². The lowest BCUT2D eigenvalue weighted by Crippen LogP contribution is -2.06. The van der Waals surface area contributed by atoms with Crippen LogP contribution in [0.5, 0.6) is 5.75 Å². The molecule has 0 fully saturated rings. The van der Waals surface area contributed by atoms with Crippen molar-refractivity contribution in [2.45, 2.75) is 20.3 Å². The van der Waals surface area contributed by atoms with E-state index in [0.29, 0.717) is 27.9 Å². The van der Waals surface area contributed by atoms with Crippen LogP contribution in [0.2, 0.25) is 0 Å². The molecule has 124 valence electrons. The van der Waals surface area contributed by atoms with Crippen LogP contribution in [0.1, 0.15) is 18.9 Å². The van der Waals surface area contributed by atoms with E-state index in [1.165, 1.54) is 18.2 Å². The highest BCUT2D eigenvalue weighted by Gasteiger charge is 2.22. The van der Waals surface area contributed by atoms with Crippen molar-refractivity contribution in [3.8, 4) is 17.0 Å². The van der Waals surface area contributed by atoms with E-state index in [1.807, 2.05) is 0 Å². The maximum Gasteiger partial charge on any atom is 0.310 e. The van der Waals surface area contributed by atoms with E-state index in [1.54, 1.807) is 43.7 Å². The van der Waals surface area contributed by atoms with E-state index in [-0.39, 0.29) is 12.2 Å². The van der Waals surface area contributed by atoms with Gasteiger partial charge in [-0.2, -0.15) is 0 Å². The first-order valence-electron chi connectivity index (χ1n) is 7.67. The lowest BCUT2D eigenvalue weighted by molar-refractivity contribution is -0.133. The molecular weight excluding hydrogens is 312 g/mol. The van der Waals surface area contributed by atoms with Crippen molar-refractivity contribution in [2.24, 2.45) is 7.05 Å². The normalized spacial score (nSPS) is 11.0. The van der Waals surface area contributed by atoms with Crippen LogP contribution in [0.15, 0.2) is 36.4 Å². The summed E-state index contributed by atoms with van der Waals surface area (Å²) in [6.07, 6.45) is 0.202. The third-order valence-corrected chi connectivity index (χ3v) is 3.96. The number of halogens is 2. The second-order valence-electron chi connectivity index (χ2n) is 5.71. The van der Waals surface area contributed by atoms with Gasteiger partial charge in [0.15, 0.2) is 5.75 Å². The van der Waals surface area contributed by atoms with Gasteiger partial charge in [0.1, 0.15) is 11.6 Å². The average molecular weight is 329 g/mol. The van der Waals surface area contributed by atoms with Crippen LogP contribution in [0, 0.1) is 18.6 Å². The van der Waals surface area contributed by atoms with Crippen LogP contribution in [0.3, 0.4) is 0 Å². The molecule has 0 aliphatic heterocycles. The number of aryl methyl sites for hydroxylation is 2. The molecule has 0 atom stereocenters. The highest BCUT2D eigenvalue weighted by Crippen LogP contribution is 2.41. The van der Waals surface area contributed by atoms with Crippen LogP contribution in [-0.2, 0) is 11.8 Å². The van der Waals surface area contributed by atoms with Crippen molar-refractivity contribution in [3.63, 3.8) is 0 Å². The summed E-state index contributed by atoms with van der Waals surface area (Å²) in [5, 5.41) is 0.524. The van der Waals surface area contributed by atoms with Crippen molar-refractivity contribution >= 4 is 16.9 Å². The Labute approximate surface area is 138 Å². The first kappa shape index (κ1) is 16.2. The van der Waals surface area contributed by atoms with Gasteiger partial charge in [-0.3, -0.25) is 4.79 Å². The molecule has 5 heteroatoms. The van der Waals surface area contributed by atoms with E-state index >= 15 is 0 Å². The Kier molecular flexibility index (Phi) is 4.09. The molecule has 1 aromatic heterocycles. The average Bonchev–Trinajstić information content (AvgIpc) is 2.80. The highest BCUT2D eigenvalue weighted by molar-refractivity contribution is 5.97. The van der Waals surface area contributed by atoms with E-state index in [2.05, 4.69) is 0 Å². The Morgan fingerprint density at radius 1 is 1.17 bits per heavy atom. The van der Waals surface area contributed by atoms with Crippen molar-refractivity contribution in [1.29, 1.82) is 0 Å². The number of benzene rings is 2. The molecule has 0 radical (unpaired) electrons. The summed E-state index contributed by atoms with van der Waals surface area (Å²) in [6, 6.07) is 9.02. The third kappa shape index (κ3) is 2.66. The van der Waals surface area contributed by atoms with E-state index in [9.17, 15) is 13.6 Å². The Bertz CT molecular complexity index is 927. The fraction of sp³-hybridized carbons (Fsp3) is 0.211. The molecule has 0 saturated heterocycles. The number of hydrogen-bond acceptors (Lipinski definition) is 2. The first-order chi connectivity index (χ1) is 11.4. The molecule has 0 amide bonds. The molecule has 24 heavy (non-hydrogen) atoms. The van der Waals surface area contributed by atoms with Gasteiger partial charge in [0.05, 0.1) is 11.2 Å². The van der Waals surface area contributed by atoms with Crippen molar-refractivity contribution in [1.82, 2.24) is 4.57 Å². The summed E-state index contributed by atoms with van der Waals surface area (Å²) in [5.74, 6) is -0.873. The molecule has 3 nitrogen and oxygen atoms in total. The fourth-order valence-electron chi connectivity index (χ4n) is 2.86. The molecule has 1 heterocycles. The third-order valence-electron chi connectivity index (χ3n) is 3.96. The standard InChI is InChI=1S/C19H17F2NO2/c1-4-16(23)24-19-14-9-11(2)10-15(21)18(14)22(3)17(19)12-5-7-13(20)8-6-12/h5-10H,4H2,1-3H3. The Hall–Kier alpha value is -2.69. The SMILES string of the molecule is CCC(=O)Oc1c(-c2ccc(F)cc2)n(C)c2c(F)cc(C)cc12. The summed E-state index contributed by atoms with van der Waals surface area (Å²) >= 11 is 0. The van der Waals surface area contributed by atoms with Gasteiger partial charge in [-0.15, -0.1) is 0 Å². The van der Waals surface area contributed by atoms with Crippen LogP contribution in [-0.4, -0.2) is 10.5 Å². The number of fused-ring (bicyclic) bond motifs is 1. The molecule has 0 aliphatic rings. The number of esters is 1. The second kappa shape index (κ2) is 6.07. The van der Waals surface area contributed by atoms with Crippen molar-refractivity contribution in [2.75, 3.05) is 0 Å². The summed E-state index contributed by atoms with van der Waals surface area (Å²) < 4.78 is 34.9. The van der Waals surface area contributed by atoms with Crippen molar-refractivity contribution in [3.05, 3.63) is 53.6 Å². The predicted octanol–water partition coefficient (Wildman–Crippen LogP) is 4.75. The number of nitrogens with zero attached hydrogens (tertiary/aromatic N) is 1. The molecular formula is C19H17F2NO2. The van der Waals surface area contributed by atoms with Gasteiger partial charge in [-0.1, -0.05) is 6.92 Å². The van der Waals surface area contributed by atoms with E-state index in [0.717, 1.165) is 5.56 Å². The minimum atomic E-state index is -0.409.